The molecule has 0 fully saturated rings. The lowest BCUT2D eigenvalue weighted by atomic mass is 9.99. The lowest BCUT2D eigenvalue weighted by Gasteiger charge is -2.32. The highest BCUT2D eigenvalue weighted by Gasteiger charge is 2.34. The van der Waals surface area contributed by atoms with Crippen molar-refractivity contribution < 1.29 is 61.4 Å². The topological polar surface area (TPSA) is 349 Å². The van der Waals surface area contributed by atoms with Gasteiger partial charge in [0.2, 0.25) is 29.6 Å². The third-order valence-electron chi connectivity index (χ3n) is 10.1. The number of aliphatic carboxylic acids is 1. The molecule has 72 heavy (non-hydrogen) atoms. The number of carbonyl (C=O) groups excluding carboxylic acids is 7. The quantitative estimate of drug-likeness (QED) is 0.0283. The molecule has 0 aliphatic rings. The summed E-state index contributed by atoms with van der Waals surface area (Å²) in [6, 6.07) is 6.53. The minimum absolute atomic E-state index is 0.0337. The Morgan fingerprint density at radius 1 is 0.833 bits per heavy atom. The van der Waals surface area contributed by atoms with Crippen LogP contribution in [0.2, 0.25) is 0 Å². The summed E-state index contributed by atoms with van der Waals surface area (Å²) in [4.78, 5) is 109. The van der Waals surface area contributed by atoms with Gasteiger partial charge in [0.25, 0.3) is 15.9 Å². The number of esters is 1. The molecule has 23 nitrogen and oxygen atoms in total. The predicted molar refractivity (Wildman–Crippen MR) is 269 cm³/mol. The van der Waals surface area contributed by atoms with Gasteiger partial charge >= 0.3 is 18.0 Å². The molecule has 2 aromatic rings. The van der Waals surface area contributed by atoms with Crippen LogP contribution >= 0.6 is 0 Å². The fourth-order valence-electron chi connectivity index (χ4n) is 6.61. The molecular formula is C48H74N10O13S. The first kappa shape index (κ1) is 61.3. The standard InChI is InChI=1S/C48H74N10O13S/c1-29(2)40(44(66)58(10)36(43(65)54-28-38(60)61)15-14-22-51-45(50)57-72(68,69)34-19-17-30(3)18-20-34)56-41(63)32-23-31(27-53-42(64)35(49)26-39(62)70-47(4,5)6)24-33(25-32)55-37(59)16-12-11-13-21-52-46(67)71-48(7,8)9/h17-20,23-25,29,35-36,40H,11-16,21-22,26-28,49H2,1-10H3,(H,52,67)(H,53,64)(H,54,65)(H,55,59)(H,56,63)(H,60,61)(H3,50,51,57)/t35-,36-,40+/m0/s1. The summed E-state index contributed by atoms with van der Waals surface area (Å²) in [5, 5.41) is 22.3. The molecule has 3 atom stereocenters. The van der Waals surface area contributed by atoms with Crippen LogP contribution in [0.25, 0.3) is 0 Å². The second-order valence-electron chi connectivity index (χ2n) is 19.4. The molecule has 0 aliphatic heterocycles. The number of likely N-dealkylation sites (N-methyl/N-ethyl adjacent to an activating group) is 1. The number of guanidine groups is 1. The van der Waals surface area contributed by atoms with Crippen LogP contribution in [0.4, 0.5) is 10.5 Å². The largest absolute Gasteiger partial charge is 0.480 e. The van der Waals surface area contributed by atoms with Crippen LogP contribution in [0, 0.1) is 12.8 Å². The summed E-state index contributed by atoms with van der Waals surface area (Å²) in [5.74, 6) is -6.44. The van der Waals surface area contributed by atoms with Crippen LogP contribution < -0.4 is 42.8 Å². The number of nitrogens with two attached hydrogens (primary N) is 2. The Hall–Kier alpha value is -6.82. The van der Waals surface area contributed by atoms with E-state index in [1.165, 1.54) is 37.4 Å². The Kier molecular flexibility index (Phi) is 24.1. The van der Waals surface area contributed by atoms with Gasteiger partial charge < -0.3 is 57.5 Å². The van der Waals surface area contributed by atoms with Gasteiger partial charge in [-0.1, -0.05) is 38.0 Å². The van der Waals surface area contributed by atoms with Gasteiger partial charge in [0.1, 0.15) is 29.8 Å². The molecule has 2 rings (SSSR count). The second kappa shape index (κ2) is 28.3. The van der Waals surface area contributed by atoms with Gasteiger partial charge in [-0.2, -0.15) is 0 Å². The monoisotopic (exact) mass is 1030 g/mol. The summed E-state index contributed by atoms with van der Waals surface area (Å²) in [5.41, 5.74) is 11.7. The second-order valence-corrected chi connectivity index (χ2v) is 21.1. The molecule has 24 heteroatoms. The minimum atomic E-state index is -4.05. The normalized spacial score (nSPS) is 13.1. The number of aliphatic imine (C=N–C) groups is 1. The smallest absolute Gasteiger partial charge is 0.407 e. The van der Waals surface area contributed by atoms with Crippen LogP contribution in [0.1, 0.15) is 122 Å². The van der Waals surface area contributed by atoms with Crippen LogP contribution in [0.5, 0.6) is 0 Å². The number of aryl methyl sites for hydroxylation is 1. The van der Waals surface area contributed by atoms with E-state index in [-0.39, 0.29) is 48.5 Å². The van der Waals surface area contributed by atoms with Crippen molar-refractivity contribution >= 4 is 69.2 Å². The summed E-state index contributed by atoms with van der Waals surface area (Å²) in [6.07, 6.45) is 0.733. The fraction of sp³-hybridized carbons (Fsp3) is 0.562. The predicted octanol–water partition coefficient (Wildman–Crippen LogP) is 2.55. The van der Waals surface area contributed by atoms with E-state index in [1.807, 2.05) is 0 Å². The number of ether oxygens (including phenoxy) is 2. The number of nitrogens with zero attached hydrogens (tertiary/aromatic N) is 2. The summed E-state index contributed by atoms with van der Waals surface area (Å²) >= 11 is 0. The molecule has 0 aliphatic carbocycles. The number of nitrogens with one attached hydrogen (secondary N) is 6. The van der Waals surface area contributed by atoms with Gasteiger partial charge in [0.15, 0.2) is 0 Å². The number of sulfonamides is 1. The average molecular weight is 1030 g/mol. The number of benzene rings is 2. The molecular weight excluding hydrogens is 957 g/mol. The van der Waals surface area contributed by atoms with Gasteiger partial charge in [0, 0.05) is 44.4 Å². The van der Waals surface area contributed by atoms with Crippen LogP contribution in [0.3, 0.4) is 0 Å². The lowest BCUT2D eigenvalue weighted by Crippen LogP contribution is -2.56. The van der Waals surface area contributed by atoms with E-state index in [0.29, 0.717) is 31.4 Å². The zero-order valence-corrected chi connectivity index (χ0v) is 43.7. The Bertz CT molecular complexity index is 2360. The zero-order valence-electron chi connectivity index (χ0n) is 42.9. The van der Waals surface area contributed by atoms with E-state index in [4.69, 9.17) is 20.9 Å². The van der Waals surface area contributed by atoms with Crippen LogP contribution in [-0.2, 0) is 54.8 Å². The molecule has 400 valence electrons. The van der Waals surface area contributed by atoms with E-state index in [9.17, 15) is 51.9 Å². The maximum absolute atomic E-state index is 14.2. The Balaban J connectivity index is 2.32. The molecule has 11 N–H and O–H groups in total. The van der Waals surface area contributed by atoms with Crippen molar-refractivity contribution in [3.05, 3.63) is 59.2 Å². The third kappa shape index (κ3) is 23.4. The summed E-state index contributed by atoms with van der Waals surface area (Å²) in [7, 11) is -2.74. The van der Waals surface area contributed by atoms with Gasteiger partial charge in [-0.05, 0) is 116 Å². The Morgan fingerprint density at radius 2 is 1.47 bits per heavy atom. The van der Waals surface area contributed by atoms with Crippen molar-refractivity contribution in [2.75, 3.05) is 32.0 Å². The summed E-state index contributed by atoms with van der Waals surface area (Å²) in [6.45, 7) is 14.6. The maximum atomic E-state index is 14.2. The first-order chi connectivity index (χ1) is 33.4. The highest BCUT2D eigenvalue weighted by Crippen LogP contribution is 2.19. The van der Waals surface area contributed by atoms with Gasteiger partial charge in [-0.15, -0.1) is 0 Å². The van der Waals surface area contributed by atoms with E-state index in [1.54, 1.807) is 74.4 Å². The van der Waals surface area contributed by atoms with Gasteiger partial charge in [0.05, 0.1) is 17.4 Å². The lowest BCUT2D eigenvalue weighted by molar-refractivity contribution is -0.156. The number of unbranched alkanes of at least 4 members (excludes halogenated alkanes) is 2. The van der Waals surface area contributed by atoms with Crippen LogP contribution in [0.15, 0.2) is 52.4 Å². The molecule has 0 bridgehead atoms. The highest BCUT2D eigenvalue weighted by atomic mass is 32.2. The fourth-order valence-corrected chi connectivity index (χ4v) is 7.56. The van der Waals surface area contributed by atoms with Crippen molar-refractivity contribution in [3.8, 4) is 0 Å². The number of carboxylic acid groups (broad SMARTS) is 1. The average Bonchev–Trinajstić information content (AvgIpc) is 3.25. The minimum Gasteiger partial charge on any atom is -0.480 e. The number of hydrogen-bond acceptors (Lipinski definition) is 14. The SMILES string of the molecule is Cc1ccc(S(=O)(=O)NC(N)=NCCC[C@@H](C(=O)NCC(=O)O)N(C)C(=O)[C@H](NC(=O)c2cc(CNC(=O)[C@@H](N)CC(=O)OC(C)(C)C)cc(NC(=O)CCCCCNC(=O)OC(C)(C)C)c2)C(C)C)cc1. The number of hydrogen-bond donors (Lipinski definition) is 9. The van der Waals surface area contributed by atoms with Crippen molar-refractivity contribution in [1.29, 1.82) is 0 Å². The zero-order chi connectivity index (χ0) is 54.6. The molecule has 0 unspecified atom stereocenters. The Labute approximate surface area is 421 Å². The van der Waals surface area contributed by atoms with E-state index in [0.717, 1.165) is 10.5 Å². The number of rotatable bonds is 26. The number of alkyl carbamates (subject to hydrolysis) is 1. The molecule has 6 amide bonds. The van der Waals surface area contributed by atoms with Crippen LogP contribution in [-0.4, -0.2) is 128 Å². The molecule has 0 saturated heterocycles. The molecule has 0 saturated carbocycles. The summed E-state index contributed by atoms with van der Waals surface area (Å²) < 4.78 is 38.2. The van der Waals surface area contributed by atoms with E-state index < -0.39 is 112 Å². The van der Waals surface area contributed by atoms with E-state index >= 15 is 0 Å². The molecule has 0 heterocycles. The van der Waals surface area contributed by atoms with Gasteiger partial charge in [-0.3, -0.25) is 38.6 Å². The van der Waals surface area contributed by atoms with Gasteiger partial charge in [-0.25, -0.2) is 17.9 Å². The highest BCUT2D eigenvalue weighted by molar-refractivity contribution is 7.90. The molecule has 0 aromatic heterocycles. The molecule has 0 radical (unpaired) electrons. The van der Waals surface area contributed by atoms with Crippen molar-refractivity contribution in [2.45, 2.75) is 148 Å². The number of carbonyl (C=O) groups is 8. The number of carboxylic acids is 1. The van der Waals surface area contributed by atoms with E-state index in [2.05, 4.69) is 36.3 Å². The Morgan fingerprint density at radius 3 is 2.07 bits per heavy atom. The van der Waals surface area contributed by atoms with Crippen molar-refractivity contribution in [3.63, 3.8) is 0 Å². The number of amides is 6. The third-order valence-corrected chi connectivity index (χ3v) is 11.5. The number of anilines is 1. The van der Waals surface area contributed by atoms with Crippen molar-refractivity contribution in [1.82, 2.24) is 30.9 Å². The molecule has 2 aromatic carbocycles. The first-order valence-corrected chi connectivity index (χ1v) is 25.0. The van der Waals surface area contributed by atoms with Crippen molar-refractivity contribution in [2.24, 2.45) is 22.4 Å². The maximum Gasteiger partial charge on any atom is 0.407 e. The first-order valence-electron chi connectivity index (χ1n) is 23.5. The molecule has 0 spiro atoms.